The standard InChI is InChI=1S/C29H26N2O7S/c1-31(2)23-16-10-13-9-15-14(19-11-12-5-3-4-6-18(12)39-19)7-8-17(32)21(15)24(33)20(13)26(35)29(16,38)27(36)22(25(23)34)28(30)37/h3-8,11,13,16,23,32-33,36,38H,9-10H2,1-2H3,(H2,30,37)/t13-,16-,23-,29-/m1/s1. The van der Waals surface area contributed by atoms with Gasteiger partial charge in [-0.15, -0.1) is 11.3 Å². The van der Waals surface area contributed by atoms with Gasteiger partial charge in [-0.1, -0.05) is 18.2 Å². The molecule has 0 saturated heterocycles. The first-order valence-electron chi connectivity index (χ1n) is 12.4. The number of benzene rings is 2. The summed E-state index contributed by atoms with van der Waals surface area (Å²) in [6, 6.07) is 12.0. The van der Waals surface area contributed by atoms with Crippen LogP contribution in [0.1, 0.15) is 17.5 Å². The number of phenolic OH excluding ortho intramolecular Hbond substituents is 1. The van der Waals surface area contributed by atoms with E-state index in [1.54, 1.807) is 31.5 Å². The molecule has 2 aromatic carbocycles. The molecule has 6 rings (SSSR count). The molecule has 6 N–H and O–H groups in total. The molecule has 3 aliphatic carbocycles. The highest BCUT2D eigenvalue weighted by molar-refractivity contribution is 7.22. The molecule has 0 aliphatic heterocycles. The molecule has 10 heteroatoms. The number of nitrogens with two attached hydrogens (primary N) is 1. The number of carbonyl (C=O) groups excluding carboxylic acids is 3. The molecule has 3 aromatic rings. The van der Waals surface area contributed by atoms with Crippen molar-refractivity contribution in [3.8, 4) is 16.2 Å². The summed E-state index contributed by atoms with van der Waals surface area (Å²) in [5.74, 6) is -6.61. The van der Waals surface area contributed by atoms with Gasteiger partial charge in [-0.2, -0.15) is 0 Å². The van der Waals surface area contributed by atoms with Crippen molar-refractivity contribution in [1.29, 1.82) is 0 Å². The van der Waals surface area contributed by atoms with Crippen molar-refractivity contribution in [2.75, 3.05) is 14.1 Å². The third-order valence-electron chi connectivity index (χ3n) is 8.30. The van der Waals surface area contributed by atoms with Gasteiger partial charge < -0.3 is 26.2 Å². The van der Waals surface area contributed by atoms with E-state index in [9.17, 15) is 34.8 Å². The van der Waals surface area contributed by atoms with Crippen LogP contribution in [0.25, 0.3) is 26.3 Å². The van der Waals surface area contributed by atoms with Gasteiger partial charge in [-0.05, 0) is 73.6 Å². The zero-order chi connectivity index (χ0) is 28.0. The van der Waals surface area contributed by atoms with E-state index in [4.69, 9.17) is 5.73 Å². The average Bonchev–Trinajstić information content (AvgIpc) is 3.30. The molecule has 3 aliphatic rings. The number of ketones is 2. The fourth-order valence-corrected chi connectivity index (χ4v) is 7.70. The topological polar surface area (TPSA) is 161 Å². The van der Waals surface area contributed by atoms with E-state index in [2.05, 4.69) is 0 Å². The second-order valence-electron chi connectivity index (χ2n) is 10.6. The monoisotopic (exact) mass is 546 g/mol. The van der Waals surface area contributed by atoms with E-state index < -0.39 is 58.0 Å². The fraction of sp³-hybridized carbons (Fsp3) is 0.276. The maximum atomic E-state index is 13.9. The SMILES string of the molecule is CN(C)[C@H]1C(=O)C(C(N)=O)=C(O)[C@]2(O)C(=O)C3=C(O)c4c(O)ccc(-c5cc6ccccc6s5)c4C[C@@H]3C[C@H]12. The quantitative estimate of drug-likeness (QED) is 0.313. The number of nitrogens with zero attached hydrogens (tertiary/aromatic N) is 1. The lowest BCUT2D eigenvalue weighted by Crippen LogP contribution is -2.65. The lowest BCUT2D eigenvalue weighted by Gasteiger charge is -2.50. The van der Waals surface area contributed by atoms with Gasteiger partial charge in [0.2, 0.25) is 5.78 Å². The number of rotatable bonds is 3. The van der Waals surface area contributed by atoms with Crippen molar-refractivity contribution in [3.05, 3.63) is 70.5 Å². The van der Waals surface area contributed by atoms with Gasteiger partial charge in [0, 0.05) is 21.1 Å². The number of fused-ring (bicyclic) bond motifs is 4. The van der Waals surface area contributed by atoms with Crippen molar-refractivity contribution >= 4 is 44.7 Å². The highest BCUT2D eigenvalue weighted by atomic mass is 32.1. The molecule has 39 heavy (non-hydrogen) atoms. The van der Waals surface area contributed by atoms with E-state index >= 15 is 0 Å². The summed E-state index contributed by atoms with van der Waals surface area (Å²) in [6.45, 7) is 0. The molecule has 0 radical (unpaired) electrons. The number of aliphatic hydroxyl groups is 3. The lowest BCUT2D eigenvalue weighted by molar-refractivity contribution is -0.153. The minimum atomic E-state index is -2.65. The first-order chi connectivity index (χ1) is 18.5. The third-order valence-corrected chi connectivity index (χ3v) is 9.44. The Balaban J connectivity index is 1.56. The Morgan fingerprint density at radius 3 is 2.49 bits per heavy atom. The molecular weight excluding hydrogens is 520 g/mol. The molecule has 1 heterocycles. The fourth-order valence-electron chi connectivity index (χ4n) is 6.59. The van der Waals surface area contributed by atoms with Gasteiger partial charge in [-0.3, -0.25) is 19.3 Å². The Hall–Kier alpha value is -3.99. The minimum absolute atomic E-state index is 0.0489. The summed E-state index contributed by atoms with van der Waals surface area (Å²) in [7, 11) is 3.15. The normalized spacial score (nSPS) is 26.6. The Labute approximate surface area is 227 Å². The third kappa shape index (κ3) is 3.35. The van der Waals surface area contributed by atoms with E-state index in [0.29, 0.717) is 5.56 Å². The van der Waals surface area contributed by atoms with Gasteiger partial charge in [0.25, 0.3) is 5.91 Å². The summed E-state index contributed by atoms with van der Waals surface area (Å²) in [6.07, 6.45) is 0.291. The molecule has 0 spiro atoms. The van der Waals surface area contributed by atoms with E-state index in [0.717, 1.165) is 20.5 Å². The maximum Gasteiger partial charge on any atom is 0.255 e. The second kappa shape index (κ2) is 8.51. The van der Waals surface area contributed by atoms with Crippen LogP contribution in [0.3, 0.4) is 0 Å². The van der Waals surface area contributed by atoms with Crippen molar-refractivity contribution in [2.45, 2.75) is 24.5 Å². The van der Waals surface area contributed by atoms with Crippen LogP contribution in [0.15, 0.2) is 59.4 Å². The van der Waals surface area contributed by atoms with Crippen molar-refractivity contribution in [2.24, 2.45) is 17.6 Å². The highest BCUT2D eigenvalue weighted by Crippen LogP contribution is 2.54. The second-order valence-corrected chi connectivity index (χ2v) is 11.7. The number of hydrogen-bond acceptors (Lipinski definition) is 9. The Morgan fingerprint density at radius 2 is 1.82 bits per heavy atom. The zero-order valence-electron chi connectivity index (χ0n) is 21.1. The zero-order valence-corrected chi connectivity index (χ0v) is 22.0. The predicted molar refractivity (Wildman–Crippen MR) is 145 cm³/mol. The molecule has 4 atom stereocenters. The van der Waals surface area contributed by atoms with Crippen LogP contribution >= 0.6 is 11.3 Å². The first kappa shape index (κ1) is 25.3. The lowest BCUT2D eigenvalue weighted by atomic mass is 9.57. The van der Waals surface area contributed by atoms with E-state index in [-0.39, 0.29) is 29.7 Å². The smallest absolute Gasteiger partial charge is 0.255 e. The van der Waals surface area contributed by atoms with Gasteiger partial charge in [-0.25, -0.2) is 0 Å². The van der Waals surface area contributed by atoms with Crippen molar-refractivity contribution in [3.63, 3.8) is 0 Å². The van der Waals surface area contributed by atoms with Crippen LogP contribution in [-0.4, -0.2) is 68.5 Å². The molecule has 0 bridgehead atoms. The Morgan fingerprint density at radius 1 is 1.10 bits per heavy atom. The number of Topliss-reactive ketones (excluding diaryl/α,β-unsaturated/α-hetero) is 2. The van der Waals surface area contributed by atoms with Crippen LogP contribution in [0.4, 0.5) is 0 Å². The summed E-state index contributed by atoms with van der Waals surface area (Å²) >= 11 is 1.57. The average molecular weight is 547 g/mol. The highest BCUT2D eigenvalue weighted by Gasteiger charge is 2.64. The van der Waals surface area contributed by atoms with Gasteiger partial charge in [0.05, 0.1) is 11.6 Å². The van der Waals surface area contributed by atoms with Gasteiger partial charge >= 0.3 is 0 Å². The summed E-state index contributed by atoms with van der Waals surface area (Å²) < 4.78 is 1.07. The number of aromatic hydroxyl groups is 1. The largest absolute Gasteiger partial charge is 0.508 e. The minimum Gasteiger partial charge on any atom is -0.508 e. The number of amides is 1. The van der Waals surface area contributed by atoms with Crippen LogP contribution in [-0.2, 0) is 20.8 Å². The van der Waals surface area contributed by atoms with Crippen LogP contribution in [0.5, 0.6) is 5.75 Å². The van der Waals surface area contributed by atoms with Crippen molar-refractivity contribution < 1.29 is 34.8 Å². The number of carbonyl (C=O) groups is 3. The maximum absolute atomic E-state index is 13.9. The molecule has 0 unspecified atom stereocenters. The molecule has 1 aromatic heterocycles. The number of primary amides is 1. The number of phenols is 1. The molecule has 200 valence electrons. The van der Waals surface area contributed by atoms with Gasteiger partial charge in [0.15, 0.2) is 11.4 Å². The van der Waals surface area contributed by atoms with Crippen LogP contribution in [0, 0.1) is 11.8 Å². The molecular formula is C29H26N2O7S. The number of hydrogen-bond donors (Lipinski definition) is 5. The summed E-state index contributed by atoms with van der Waals surface area (Å²) in [5.41, 5.74) is 3.26. The Kier molecular flexibility index (Phi) is 5.52. The van der Waals surface area contributed by atoms with Gasteiger partial charge in [0.1, 0.15) is 22.8 Å². The first-order valence-corrected chi connectivity index (χ1v) is 13.3. The summed E-state index contributed by atoms with van der Waals surface area (Å²) in [5, 5.41) is 45.9. The molecule has 1 saturated carbocycles. The number of aliphatic hydroxyl groups excluding tert-OH is 2. The molecule has 9 nitrogen and oxygen atoms in total. The number of likely N-dealkylation sites (N-methyl/N-ethyl adjacent to an activating group) is 1. The summed E-state index contributed by atoms with van der Waals surface area (Å²) in [4.78, 5) is 41.7. The van der Waals surface area contributed by atoms with Crippen molar-refractivity contribution in [1.82, 2.24) is 4.90 Å². The molecule has 1 fully saturated rings. The van der Waals surface area contributed by atoms with Crippen LogP contribution in [0.2, 0.25) is 0 Å². The Bertz CT molecular complexity index is 1650. The van der Waals surface area contributed by atoms with E-state index in [1.165, 1.54) is 11.0 Å². The number of thiophene rings is 1. The predicted octanol–water partition coefficient (Wildman–Crippen LogP) is 2.85. The molecule has 1 amide bonds. The van der Waals surface area contributed by atoms with Crippen LogP contribution < -0.4 is 5.73 Å². The van der Waals surface area contributed by atoms with E-state index in [1.807, 2.05) is 30.3 Å².